The van der Waals surface area contributed by atoms with Crippen molar-refractivity contribution in [1.29, 1.82) is 0 Å². The van der Waals surface area contributed by atoms with Crippen molar-refractivity contribution in [2.75, 3.05) is 34.2 Å². The predicted molar refractivity (Wildman–Crippen MR) is 79.9 cm³/mol. The highest BCUT2D eigenvalue weighted by atomic mass is 32.2. The number of thiophene rings is 1. The molecule has 19 heavy (non-hydrogen) atoms. The molecule has 0 saturated heterocycles. The van der Waals surface area contributed by atoms with Crippen molar-refractivity contribution < 1.29 is 8.42 Å². The van der Waals surface area contributed by atoms with E-state index < -0.39 is 10.0 Å². The number of rotatable bonds is 7. The van der Waals surface area contributed by atoms with Crippen LogP contribution in [0.3, 0.4) is 0 Å². The van der Waals surface area contributed by atoms with Crippen LogP contribution in [-0.2, 0) is 16.6 Å². The molecule has 0 saturated carbocycles. The Morgan fingerprint density at radius 3 is 2.37 bits per heavy atom. The molecule has 0 bridgehead atoms. The van der Waals surface area contributed by atoms with Gasteiger partial charge >= 0.3 is 0 Å². The quantitative estimate of drug-likeness (QED) is 0.819. The van der Waals surface area contributed by atoms with Gasteiger partial charge in [0.2, 0.25) is 10.0 Å². The highest BCUT2D eigenvalue weighted by Crippen LogP contribution is 2.27. The lowest BCUT2D eigenvalue weighted by Gasteiger charge is -2.18. The molecule has 1 aromatic rings. The summed E-state index contributed by atoms with van der Waals surface area (Å²) in [4.78, 5) is 4.14. The predicted octanol–water partition coefficient (Wildman–Crippen LogP) is 1.09. The molecule has 0 aromatic carbocycles. The Morgan fingerprint density at radius 1 is 1.26 bits per heavy atom. The van der Waals surface area contributed by atoms with Crippen LogP contribution in [0.2, 0.25) is 0 Å². The largest absolute Gasteiger partial charge is 0.326 e. The second-order valence-corrected chi connectivity index (χ2v) is 8.17. The minimum absolute atomic E-state index is 0.380. The zero-order valence-electron chi connectivity index (χ0n) is 12.0. The summed E-state index contributed by atoms with van der Waals surface area (Å²) in [6, 6.07) is 1.69. The van der Waals surface area contributed by atoms with Crippen LogP contribution in [0.15, 0.2) is 11.0 Å². The fourth-order valence-electron chi connectivity index (χ4n) is 1.78. The van der Waals surface area contributed by atoms with Crippen LogP contribution in [0.1, 0.15) is 16.2 Å². The van der Waals surface area contributed by atoms with Gasteiger partial charge in [0.15, 0.2) is 0 Å². The Hall–Kier alpha value is -0.470. The molecule has 7 heteroatoms. The van der Waals surface area contributed by atoms with Gasteiger partial charge in [0.05, 0.1) is 4.90 Å². The zero-order chi connectivity index (χ0) is 14.6. The number of hydrogen-bond donors (Lipinski definition) is 1. The second kappa shape index (κ2) is 6.81. The molecular formula is C12H23N3O2S2. The lowest BCUT2D eigenvalue weighted by atomic mass is 10.4. The summed E-state index contributed by atoms with van der Waals surface area (Å²) in [5, 5.41) is 0. The van der Waals surface area contributed by atoms with E-state index in [1.165, 1.54) is 15.6 Å². The number of nitrogens with two attached hydrogens (primary N) is 1. The minimum atomic E-state index is -3.39. The van der Waals surface area contributed by atoms with E-state index in [4.69, 9.17) is 5.73 Å². The van der Waals surface area contributed by atoms with Crippen molar-refractivity contribution >= 4 is 21.4 Å². The van der Waals surface area contributed by atoms with Crippen LogP contribution in [0.4, 0.5) is 0 Å². The van der Waals surface area contributed by atoms with E-state index >= 15 is 0 Å². The molecule has 0 radical (unpaired) electrons. The maximum absolute atomic E-state index is 12.4. The molecule has 110 valence electrons. The summed E-state index contributed by atoms with van der Waals surface area (Å²) in [7, 11) is 2.20. The SMILES string of the molecule is Cc1sc(CN)cc1S(=O)(=O)N(C)CCCN(C)C. The Labute approximate surface area is 120 Å². The van der Waals surface area contributed by atoms with E-state index in [0.29, 0.717) is 18.0 Å². The average Bonchev–Trinajstić information content (AvgIpc) is 2.70. The summed E-state index contributed by atoms with van der Waals surface area (Å²) in [6.07, 6.45) is 0.815. The topological polar surface area (TPSA) is 66.6 Å². The molecule has 2 N–H and O–H groups in total. The normalized spacial score (nSPS) is 12.6. The third kappa shape index (κ3) is 4.25. The molecule has 0 spiro atoms. The molecule has 0 unspecified atom stereocenters. The van der Waals surface area contributed by atoms with Crippen molar-refractivity contribution in [1.82, 2.24) is 9.21 Å². The van der Waals surface area contributed by atoms with Crippen molar-refractivity contribution in [2.24, 2.45) is 5.73 Å². The first-order chi connectivity index (χ1) is 8.78. The van der Waals surface area contributed by atoms with Crippen molar-refractivity contribution in [3.05, 3.63) is 15.8 Å². The van der Waals surface area contributed by atoms with Gasteiger partial charge < -0.3 is 10.6 Å². The van der Waals surface area contributed by atoms with Crippen LogP contribution in [0.25, 0.3) is 0 Å². The summed E-state index contributed by atoms with van der Waals surface area (Å²) in [5.41, 5.74) is 5.56. The Morgan fingerprint density at radius 2 is 1.89 bits per heavy atom. The van der Waals surface area contributed by atoms with Gasteiger partial charge in [-0.3, -0.25) is 0 Å². The van der Waals surface area contributed by atoms with E-state index in [-0.39, 0.29) is 0 Å². The molecule has 0 aliphatic carbocycles. The summed E-state index contributed by atoms with van der Waals surface area (Å²) in [5.74, 6) is 0. The third-order valence-corrected chi connectivity index (χ3v) is 6.08. The van der Waals surface area contributed by atoms with Crippen molar-refractivity contribution in [3.8, 4) is 0 Å². The monoisotopic (exact) mass is 305 g/mol. The smallest absolute Gasteiger partial charge is 0.243 e. The van der Waals surface area contributed by atoms with Crippen molar-refractivity contribution in [3.63, 3.8) is 0 Å². The Bertz CT molecular complexity index is 509. The number of sulfonamides is 1. The fraction of sp³-hybridized carbons (Fsp3) is 0.667. The average molecular weight is 305 g/mol. The van der Waals surface area contributed by atoms with E-state index in [1.807, 2.05) is 25.9 Å². The van der Waals surface area contributed by atoms with Gasteiger partial charge in [-0.25, -0.2) is 12.7 Å². The third-order valence-electron chi connectivity index (χ3n) is 2.89. The van der Waals surface area contributed by atoms with Gasteiger partial charge in [-0.1, -0.05) is 0 Å². The maximum atomic E-state index is 12.4. The first-order valence-corrected chi connectivity index (χ1v) is 8.45. The maximum Gasteiger partial charge on any atom is 0.243 e. The fourth-order valence-corrected chi connectivity index (χ4v) is 4.47. The second-order valence-electron chi connectivity index (χ2n) is 4.82. The van der Waals surface area contributed by atoms with Gasteiger partial charge in [0, 0.05) is 29.9 Å². The molecule has 1 rings (SSSR count). The van der Waals surface area contributed by atoms with E-state index in [9.17, 15) is 8.42 Å². The molecule has 5 nitrogen and oxygen atoms in total. The van der Waals surface area contributed by atoms with E-state index in [0.717, 1.165) is 22.7 Å². The Balaban J connectivity index is 2.81. The lowest BCUT2D eigenvalue weighted by Crippen LogP contribution is -2.30. The highest BCUT2D eigenvalue weighted by molar-refractivity contribution is 7.89. The minimum Gasteiger partial charge on any atom is -0.326 e. The van der Waals surface area contributed by atoms with Crippen LogP contribution < -0.4 is 5.73 Å². The standard InChI is InChI=1S/C12H23N3O2S2/c1-10-12(8-11(9-13)18-10)19(16,17)15(4)7-5-6-14(2)3/h8H,5-7,9,13H2,1-4H3. The lowest BCUT2D eigenvalue weighted by molar-refractivity contribution is 0.370. The molecule has 0 fully saturated rings. The van der Waals surface area contributed by atoms with Crippen molar-refractivity contribution in [2.45, 2.75) is 24.8 Å². The van der Waals surface area contributed by atoms with Gasteiger partial charge in [0.1, 0.15) is 0 Å². The zero-order valence-corrected chi connectivity index (χ0v) is 13.6. The van der Waals surface area contributed by atoms with Gasteiger partial charge in [-0.15, -0.1) is 11.3 Å². The van der Waals surface area contributed by atoms with E-state index in [1.54, 1.807) is 13.1 Å². The van der Waals surface area contributed by atoms with Gasteiger partial charge in [-0.2, -0.15) is 0 Å². The highest BCUT2D eigenvalue weighted by Gasteiger charge is 2.24. The van der Waals surface area contributed by atoms with Crippen LogP contribution >= 0.6 is 11.3 Å². The number of hydrogen-bond acceptors (Lipinski definition) is 5. The summed E-state index contributed by atoms with van der Waals surface area (Å²) < 4.78 is 26.3. The van der Waals surface area contributed by atoms with Crippen LogP contribution in [0, 0.1) is 6.92 Å². The molecular weight excluding hydrogens is 282 g/mol. The Kier molecular flexibility index (Phi) is 5.94. The van der Waals surface area contributed by atoms with Crippen LogP contribution in [-0.4, -0.2) is 51.9 Å². The number of nitrogens with zero attached hydrogens (tertiary/aromatic N) is 2. The first-order valence-electron chi connectivity index (χ1n) is 6.19. The molecule has 0 atom stereocenters. The van der Waals surface area contributed by atoms with Crippen LogP contribution in [0.5, 0.6) is 0 Å². The molecule has 1 aromatic heterocycles. The van der Waals surface area contributed by atoms with E-state index in [2.05, 4.69) is 0 Å². The molecule has 0 amide bonds. The molecule has 0 aliphatic heterocycles. The summed E-state index contributed by atoms with van der Waals surface area (Å²) in [6.45, 7) is 3.60. The number of aryl methyl sites for hydroxylation is 1. The first kappa shape index (κ1) is 16.6. The molecule has 1 heterocycles. The summed E-state index contributed by atoms with van der Waals surface area (Å²) >= 11 is 1.45. The van der Waals surface area contributed by atoms with Gasteiger partial charge in [0.25, 0.3) is 0 Å². The molecule has 0 aliphatic rings. The van der Waals surface area contributed by atoms with Gasteiger partial charge in [-0.05, 0) is 40.1 Å².